The quantitative estimate of drug-likeness (QED) is 0.148. The fraction of sp³-hybridized carbons (Fsp3) is 0.714. The van der Waals surface area contributed by atoms with Crippen LogP contribution in [0.2, 0.25) is 0 Å². The molecule has 3 heterocycles. The molecule has 0 aliphatic carbocycles. The average Bonchev–Trinajstić information content (AvgIpc) is 3.27. The van der Waals surface area contributed by atoms with Crippen molar-refractivity contribution >= 4 is 47.2 Å². The van der Waals surface area contributed by atoms with Crippen molar-refractivity contribution in [2.24, 2.45) is 17.6 Å². The van der Waals surface area contributed by atoms with Crippen LogP contribution in [0.15, 0.2) is 10.6 Å². The van der Waals surface area contributed by atoms with Crippen LogP contribution in [0.3, 0.4) is 0 Å². The van der Waals surface area contributed by atoms with E-state index in [1.54, 1.807) is 6.92 Å². The van der Waals surface area contributed by atoms with Crippen LogP contribution >= 0.6 is 23.5 Å². The van der Waals surface area contributed by atoms with Gasteiger partial charge in [0.15, 0.2) is 0 Å². The summed E-state index contributed by atoms with van der Waals surface area (Å²) < 4.78 is 0. The molecule has 3 amide bonds. The lowest BCUT2D eigenvalue weighted by Crippen LogP contribution is -2.63. The molecule has 11 nitrogen and oxygen atoms in total. The van der Waals surface area contributed by atoms with E-state index in [-0.39, 0.29) is 41.3 Å². The van der Waals surface area contributed by atoms with Crippen LogP contribution in [-0.4, -0.2) is 91.1 Å². The highest BCUT2D eigenvalue weighted by Crippen LogP contribution is 2.52. The first-order valence-electron chi connectivity index (χ1n) is 11.2. The number of nitrogens with one attached hydrogen (secondary N) is 2. The lowest BCUT2D eigenvalue weighted by atomic mass is 9.79. The van der Waals surface area contributed by atoms with Gasteiger partial charge >= 0.3 is 5.97 Å². The highest BCUT2D eigenvalue weighted by atomic mass is 32.2. The summed E-state index contributed by atoms with van der Waals surface area (Å²) in [6.07, 6.45) is -2.02. The predicted molar refractivity (Wildman–Crippen MR) is 127 cm³/mol. The fourth-order valence-electron chi connectivity index (χ4n) is 4.95. The second-order valence-electron chi connectivity index (χ2n) is 8.83. The maximum absolute atomic E-state index is 12.7. The summed E-state index contributed by atoms with van der Waals surface area (Å²) in [5.41, 5.74) is 5.05. The van der Waals surface area contributed by atoms with Gasteiger partial charge in [-0.2, -0.15) is 0 Å². The van der Waals surface area contributed by atoms with E-state index in [0.29, 0.717) is 23.6 Å². The van der Waals surface area contributed by atoms with Gasteiger partial charge in [-0.25, -0.2) is 4.79 Å². The van der Waals surface area contributed by atoms with Crippen molar-refractivity contribution in [3.05, 3.63) is 10.6 Å². The lowest BCUT2D eigenvalue weighted by molar-refractivity contribution is -0.163. The largest absolute Gasteiger partial charge is 0.477 e. The Bertz CT molecular complexity index is 883. The number of carboxylic acid groups (broad SMARTS) is 1. The first-order valence-corrected chi connectivity index (χ1v) is 13.2. The van der Waals surface area contributed by atoms with Crippen LogP contribution in [0.4, 0.5) is 0 Å². The average molecular weight is 517 g/mol. The Balaban J connectivity index is 1.69. The van der Waals surface area contributed by atoms with Gasteiger partial charge in [0.2, 0.25) is 17.7 Å². The molecule has 8 atom stereocenters. The molecule has 34 heavy (non-hydrogen) atoms. The molecular weight excluding hydrogens is 484 g/mol. The molecule has 0 saturated carbocycles. The number of thioether (sulfide) groups is 2. The van der Waals surface area contributed by atoms with Gasteiger partial charge in [0.25, 0.3) is 0 Å². The Labute approximate surface area is 206 Å². The molecule has 2 saturated heterocycles. The summed E-state index contributed by atoms with van der Waals surface area (Å²) in [6, 6.07) is -0.593. The van der Waals surface area contributed by atoms with Crippen molar-refractivity contribution in [2.45, 2.75) is 68.5 Å². The second kappa shape index (κ2) is 10.9. The molecule has 3 aliphatic rings. The Hall–Kier alpha value is -1.80. The van der Waals surface area contributed by atoms with Crippen molar-refractivity contribution in [1.82, 2.24) is 15.5 Å². The smallest absolute Gasteiger partial charge is 0.353 e. The van der Waals surface area contributed by atoms with E-state index in [4.69, 9.17) is 5.73 Å². The van der Waals surface area contributed by atoms with Gasteiger partial charge in [0, 0.05) is 28.7 Å². The summed E-state index contributed by atoms with van der Waals surface area (Å²) in [5.74, 6) is -2.84. The molecule has 190 valence electrons. The van der Waals surface area contributed by atoms with Crippen molar-refractivity contribution in [3.8, 4) is 0 Å². The highest BCUT2D eigenvalue weighted by Gasteiger charge is 2.60. The molecule has 7 N–H and O–H groups in total. The molecule has 0 aromatic heterocycles. The molecular formula is C21H32N4O7S2. The zero-order chi connectivity index (χ0) is 25.3. The Morgan fingerprint density at radius 2 is 2.00 bits per heavy atom. The number of hydrogen-bond acceptors (Lipinski definition) is 9. The predicted octanol–water partition coefficient (Wildman–Crippen LogP) is -0.964. The summed E-state index contributed by atoms with van der Waals surface area (Å²) in [5, 5.41) is 34.9. The van der Waals surface area contributed by atoms with Crippen molar-refractivity contribution in [3.63, 3.8) is 0 Å². The summed E-state index contributed by atoms with van der Waals surface area (Å²) in [4.78, 5) is 50.2. The second-order valence-corrected chi connectivity index (χ2v) is 11.6. The summed E-state index contributed by atoms with van der Waals surface area (Å²) in [7, 11) is 0. The number of β-lactam (4-membered cyclic amide) rings is 1. The Morgan fingerprint density at radius 1 is 1.32 bits per heavy atom. The molecule has 3 rings (SSSR count). The maximum Gasteiger partial charge on any atom is 0.353 e. The van der Waals surface area contributed by atoms with Gasteiger partial charge in [-0.3, -0.25) is 14.4 Å². The third-order valence-corrected chi connectivity index (χ3v) is 9.15. The molecule has 0 aromatic rings. The number of hydrogen-bond donors (Lipinski definition) is 6. The minimum Gasteiger partial charge on any atom is -0.477 e. The zero-order valence-electron chi connectivity index (χ0n) is 19.3. The number of fused-ring (bicyclic) bond motifs is 1. The number of primary amides is 1. The molecule has 2 unspecified atom stereocenters. The van der Waals surface area contributed by atoms with Gasteiger partial charge in [-0.05, 0) is 19.1 Å². The molecule has 0 radical (unpaired) electrons. The topological polar surface area (TPSA) is 182 Å². The number of carboxylic acids is 1. The first kappa shape index (κ1) is 26.8. The third kappa shape index (κ3) is 5.23. The molecule has 13 heteroatoms. The Kier molecular flexibility index (Phi) is 8.56. The fourth-order valence-corrected chi connectivity index (χ4v) is 7.47. The standard InChI is InChI=1S/C21H32N4O7S2/c1-4-33-18(19(29)24-13(28)6-12(22)27)11-5-10(7-23-11)34-17-8(2)15-14(9(3)26)20(30)25(15)16(17)21(31)32/h8-11,13-15,18,23,26,28H,4-7H2,1-3H3,(H2,22,27)(H,24,29)(H,31,32)/t8-,9-,10+,11+,13?,14-,15-,18?/m1/s1. The van der Waals surface area contributed by atoms with Crippen LogP contribution < -0.4 is 16.4 Å². The van der Waals surface area contributed by atoms with Crippen LogP contribution in [0, 0.1) is 11.8 Å². The van der Waals surface area contributed by atoms with Crippen LogP contribution in [0.5, 0.6) is 0 Å². The number of rotatable bonds is 11. The van der Waals surface area contributed by atoms with Gasteiger partial charge < -0.3 is 36.6 Å². The number of aliphatic hydroxyl groups excluding tert-OH is 2. The molecule has 3 aliphatic heterocycles. The van der Waals surface area contributed by atoms with Crippen LogP contribution in [-0.2, 0) is 19.2 Å². The SMILES string of the molecule is CCSC(C(=O)NC(O)CC(N)=O)[C@@H]1C[C@H](SC2=C(C(=O)O)N3C(=O)[C@H]([C@@H](C)O)[C@H]3[C@H]2C)CN1. The minimum atomic E-state index is -1.36. The first-order chi connectivity index (χ1) is 16.0. The van der Waals surface area contributed by atoms with E-state index in [1.165, 1.54) is 28.4 Å². The van der Waals surface area contributed by atoms with E-state index < -0.39 is 41.3 Å². The Morgan fingerprint density at radius 3 is 2.56 bits per heavy atom. The third-order valence-electron chi connectivity index (χ3n) is 6.40. The van der Waals surface area contributed by atoms with Gasteiger partial charge in [-0.1, -0.05) is 13.8 Å². The van der Waals surface area contributed by atoms with Crippen LogP contribution in [0.25, 0.3) is 0 Å². The highest BCUT2D eigenvalue weighted by molar-refractivity contribution is 8.03. The number of aliphatic hydroxyl groups is 2. The van der Waals surface area contributed by atoms with Gasteiger partial charge in [-0.15, -0.1) is 23.5 Å². The number of carbonyl (C=O) groups excluding carboxylic acids is 3. The van der Waals surface area contributed by atoms with E-state index >= 15 is 0 Å². The number of aliphatic carboxylic acids is 1. The number of carbonyl (C=O) groups is 4. The monoisotopic (exact) mass is 516 g/mol. The van der Waals surface area contributed by atoms with E-state index in [0.717, 1.165) is 0 Å². The summed E-state index contributed by atoms with van der Waals surface area (Å²) in [6.45, 7) is 5.87. The van der Waals surface area contributed by atoms with Gasteiger partial charge in [0.1, 0.15) is 11.9 Å². The molecule has 2 fully saturated rings. The van der Waals surface area contributed by atoms with Crippen molar-refractivity contribution in [2.75, 3.05) is 12.3 Å². The van der Waals surface area contributed by atoms with Gasteiger partial charge in [0.05, 0.1) is 29.7 Å². The lowest BCUT2D eigenvalue weighted by Gasteiger charge is -2.46. The van der Waals surface area contributed by atoms with E-state index in [9.17, 15) is 34.5 Å². The van der Waals surface area contributed by atoms with Crippen molar-refractivity contribution in [1.29, 1.82) is 0 Å². The molecule has 0 aromatic carbocycles. The molecule has 0 bridgehead atoms. The molecule has 0 spiro atoms. The van der Waals surface area contributed by atoms with Crippen LogP contribution in [0.1, 0.15) is 33.6 Å². The minimum absolute atomic E-state index is 0.0142. The van der Waals surface area contributed by atoms with E-state index in [1.807, 2.05) is 13.8 Å². The number of amides is 3. The normalized spacial score (nSPS) is 31.0. The maximum atomic E-state index is 12.7. The van der Waals surface area contributed by atoms with Crippen molar-refractivity contribution < 1.29 is 34.5 Å². The summed E-state index contributed by atoms with van der Waals surface area (Å²) >= 11 is 2.82. The zero-order valence-corrected chi connectivity index (χ0v) is 20.9. The van der Waals surface area contributed by atoms with E-state index in [2.05, 4.69) is 10.6 Å². The number of nitrogens with two attached hydrogens (primary N) is 1. The number of nitrogens with zero attached hydrogens (tertiary/aromatic N) is 1.